The number of hydrogen-bond acceptors (Lipinski definition) is 3. The number of hydrogen-bond donors (Lipinski definition) is 1. The summed E-state index contributed by atoms with van der Waals surface area (Å²) in [6.45, 7) is 2.26. The Hall–Kier alpha value is -0.610. The first-order valence-corrected chi connectivity index (χ1v) is 7.13. The van der Waals surface area contributed by atoms with E-state index >= 15 is 0 Å². The average molecular weight is 256 g/mol. The van der Waals surface area contributed by atoms with Crippen LogP contribution in [0.25, 0.3) is 0 Å². The van der Waals surface area contributed by atoms with E-state index in [1.54, 1.807) is 7.11 Å². The molecule has 18 heavy (non-hydrogen) atoms. The Morgan fingerprint density at radius 3 is 2.89 bits per heavy atom. The van der Waals surface area contributed by atoms with Crippen LogP contribution < -0.4 is 5.73 Å². The minimum Gasteiger partial charge on any atom is -0.385 e. The lowest BCUT2D eigenvalue weighted by Crippen LogP contribution is -2.36. The number of ether oxygens (including phenoxy) is 1. The van der Waals surface area contributed by atoms with Gasteiger partial charge in [-0.05, 0) is 38.1 Å². The van der Waals surface area contributed by atoms with E-state index in [2.05, 4.69) is 0 Å². The zero-order valence-corrected chi connectivity index (χ0v) is 11.9. The third kappa shape index (κ3) is 4.94. The van der Waals surface area contributed by atoms with Crippen LogP contribution in [-0.4, -0.2) is 44.7 Å². The highest BCUT2D eigenvalue weighted by Crippen LogP contribution is 2.31. The summed E-state index contributed by atoms with van der Waals surface area (Å²) in [5, 5.41) is 0. The number of nitrogens with two attached hydrogens (primary N) is 1. The monoisotopic (exact) mass is 256 g/mol. The molecule has 0 aromatic heterocycles. The molecule has 0 aromatic rings. The molecular weight excluding hydrogens is 228 g/mol. The number of carbonyl (C=O) groups is 1. The fraction of sp³-hybridized carbons (Fsp3) is 0.929. The Morgan fingerprint density at radius 2 is 2.22 bits per heavy atom. The summed E-state index contributed by atoms with van der Waals surface area (Å²) in [5.74, 6) is 1.20. The van der Waals surface area contributed by atoms with Gasteiger partial charge in [-0.2, -0.15) is 0 Å². The Bertz CT molecular complexity index is 244. The second-order valence-electron chi connectivity index (χ2n) is 5.41. The van der Waals surface area contributed by atoms with E-state index < -0.39 is 0 Å². The van der Waals surface area contributed by atoms with Crippen molar-refractivity contribution < 1.29 is 9.53 Å². The zero-order chi connectivity index (χ0) is 13.4. The van der Waals surface area contributed by atoms with Crippen molar-refractivity contribution in [3.05, 3.63) is 0 Å². The molecule has 0 aliphatic heterocycles. The van der Waals surface area contributed by atoms with Gasteiger partial charge in [0.2, 0.25) is 5.91 Å². The summed E-state index contributed by atoms with van der Waals surface area (Å²) < 4.78 is 5.01. The highest BCUT2D eigenvalue weighted by Gasteiger charge is 2.28. The topological polar surface area (TPSA) is 55.6 Å². The van der Waals surface area contributed by atoms with E-state index in [0.29, 0.717) is 11.8 Å². The molecule has 2 N–H and O–H groups in total. The first-order chi connectivity index (χ1) is 8.69. The number of amides is 1. The van der Waals surface area contributed by atoms with E-state index in [4.69, 9.17) is 10.5 Å². The molecule has 0 saturated heterocycles. The molecule has 4 nitrogen and oxygen atoms in total. The molecule has 2 atom stereocenters. The number of nitrogens with zero attached hydrogens (tertiary/aromatic N) is 1. The maximum absolute atomic E-state index is 12.3. The molecule has 1 rings (SSSR count). The second-order valence-corrected chi connectivity index (χ2v) is 5.41. The van der Waals surface area contributed by atoms with Gasteiger partial charge in [0.05, 0.1) is 0 Å². The molecule has 0 aromatic carbocycles. The molecule has 1 amide bonds. The summed E-state index contributed by atoms with van der Waals surface area (Å²) in [4.78, 5) is 14.2. The number of methoxy groups -OCH3 is 1. The van der Waals surface area contributed by atoms with Gasteiger partial charge in [0.25, 0.3) is 0 Å². The van der Waals surface area contributed by atoms with E-state index in [-0.39, 0.29) is 5.92 Å². The fourth-order valence-corrected chi connectivity index (χ4v) is 2.88. The van der Waals surface area contributed by atoms with Gasteiger partial charge in [0, 0.05) is 33.2 Å². The summed E-state index contributed by atoms with van der Waals surface area (Å²) in [6, 6.07) is 0. The van der Waals surface area contributed by atoms with E-state index in [9.17, 15) is 4.79 Å². The molecule has 1 fully saturated rings. The molecule has 0 heterocycles. The lowest BCUT2D eigenvalue weighted by atomic mass is 9.79. The quantitative estimate of drug-likeness (QED) is 0.704. The predicted molar refractivity (Wildman–Crippen MR) is 73.2 cm³/mol. The van der Waals surface area contributed by atoms with Gasteiger partial charge >= 0.3 is 0 Å². The highest BCUT2D eigenvalue weighted by atomic mass is 16.5. The molecule has 1 aliphatic carbocycles. The standard InChI is InChI=1S/C14H28N2O2/c1-16(9-4-10-18-2)14(17)13-6-3-5-12(11-13)7-8-15/h12-13H,3-11,15H2,1-2H3. The lowest BCUT2D eigenvalue weighted by Gasteiger charge is -2.31. The molecule has 1 aliphatic rings. The molecule has 0 spiro atoms. The molecular formula is C14H28N2O2. The first kappa shape index (κ1) is 15.4. The normalized spacial score (nSPS) is 23.9. The third-order valence-corrected chi connectivity index (χ3v) is 3.93. The first-order valence-electron chi connectivity index (χ1n) is 7.13. The second kappa shape index (κ2) is 8.48. The van der Waals surface area contributed by atoms with Gasteiger partial charge in [0.15, 0.2) is 0 Å². The summed E-state index contributed by atoms with van der Waals surface area (Å²) in [5.41, 5.74) is 5.61. The van der Waals surface area contributed by atoms with Gasteiger partial charge in [-0.25, -0.2) is 0 Å². The van der Waals surface area contributed by atoms with Gasteiger partial charge in [-0.1, -0.05) is 12.8 Å². The highest BCUT2D eigenvalue weighted by molar-refractivity contribution is 5.78. The maximum atomic E-state index is 12.3. The van der Waals surface area contributed by atoms with Crippen LogP contribution in [0.1, 0.15) is 38.5 Å². The molecule has 4 heteroatoms. The molecule has 1 saturated carbocycles. The predicted octanol–water partition coefficient (Wildman–Crippen LogP) is 1.64. The van der Waals surface area contributed by atoms with Crippen LogP contribution in [0.15, 0.2) is 0 Å². The largest absolute Gasteiger partial charge is 0.385 e. The van der Waals surface area contributed by atoms with Crippen LogP contribution >= 0.6 is 0 Å². The summed E-state index contributed by atoms with van der Waals surface area (Å²) in [6.07, 6.45) is 6.48. The SMILES string of the molecule is COCCCN(C)C(=O)C1CCCC(CCN)C1. The Morgan fingerprint density at radius 1 is 1.44 bits per heavy atom. The van der Waals surface area contributed by atoms with Crippen LogP contribution in [0.4, 0.5) is 0 Å². The van der Waals surface area contributed by atoms with Crippen LogP contribution in [0.3, 0.4) is 0 Å². The van der Waals surface area contributed by atoms with Crippen molar-refractivity contribution in [1.29, 1.82) is 0 Å². The van der Waals surface area contributed by atoms with Crippen molar-refractivity contribution in [2.45, 2.75) is 38.5 Å². The summed E-state index contributed by atoms with van der Waals surface area (Å²) in [7, 11) is 3.60. The van der Waals surface area contributed by atoms with E-state index in [1.807, 2.05) is 11.9 Å². The number of carbonyl (C=O) groups excluding carboxylic acids is 1. The average Bonchev–Trinajstić information content (AvgIpc) is 2.39. The van der Waals surface area contributed by atoms with E-state index in [1.165, 1.54) is 12.8 Å². The van der Waals surface area contributed by atoms with Gasteiger partial charge < -0.3 is 15.4 Å². The van der Waals surface area contributed by atoms with Crippen LogP contribution in [0, 0.1) is 11.8 Å². The fourth-order valence-electron chi connectivity index (χ4n) is 2.88. The molecule has 106 valence electrons. The van der Waals surface area contributed by atoms with Crippen molar-refractivity contribution in [3.8, 4) is 0 Å². The van der Waals surface area contributed by atoms with Crippen LogP contribution in [-0.2, 0) is 9.53 Å². The van der Waals surface area contributed by atoms with E-state index in [0.717, 1.165) is 45.4 Å². The minimum atomic E-state index is 0.225. The van der Waals surface area contributed by atoms with Gasteiger partial charge in [-0.15, -0.1) is 0 Å². The Labute approximate surface area is 111 Å². The van der Waals surface area contributed by atoms with Crippen LogP contribution in [0.5, 0.6) is 0 Å². The van der Waals surface area contributed by atoms with Crippen LogP contribution in [0.2, 0.25) is 0 Å². The Balaban J connectivity index is 2.35. The lowest BCUT2D eigenvalue weighted by molar-refractivity contribution is -0.135. The van der Waals surface area contributed by atoms with Crippen molar-refractivity contribution in [3.63, 3.8) is 0 Å². The van der Waals surface area contributed by atoms with Gasteiger partial charge in [0.1, 0.15) is 0 Å². The van der Waals surface area contributed by atoms with Gasteiger partial charge in [-0.3, -0.25) is 4.79 Å². The maximum Gasteiger partial charge on any atom is 0.225 e. The Kier molecular flexibility index (Phi) is 7.28. The minimum absolute atomic E-state index is 0.225. The molecule has 0 radical (unpaired) electrons. The third-order valence-electron chi connectivity index (χ3n) is 3.93. The molecule has 2 unspecified atom stereocenters. The smallest absolute Gasteiger partial charge is 0.225 e. The van der Waals surface area contributed by atoms with Crippen molar-refractivity contribution >= 4 is 5.91 Å². The van der Waals surface area contributed by atoms with Crippen molar-refractivity contribution in [1.82, 2.24) is 4.90 Å². The summed E-state index contributed by atoms with van der Waals surface area (Å²) >= 11 is 0. The number of rotatable bonds is 7. The zero-order valence-electron chi connectivity index (χ0n) is 11.9. The van der Waals surface area contributed by atoms with Crippen molar-refractivity contribution in [2.75, 3.05) is 33.9 Å². The molecule has 0 bridgehead atoms. The van der Waals surface area contributed by atoms with Crippen molar-refractivity contribution in [2.24, 2.45) is 17.6 Å².